The summed E-state index contributed by atoms with van der Waals surface area (Å²) in [4.78, 5) is 36.6. The highest BCUT2D eigenvalue weighted by atomic mass is 16.2. The lowest BCUT2D eigenvalue weighted by Crippen LogP contribution is -2.54. The first-order chi connectivity index (χ1) is 13.0. The Hall–Kier alpha value is -2.80. The van der Waals surface area contributed by atoms with E-state index in [-0.39, 0.29) is 11.9 Å². The van der Waals surface area contributed by atoms with Gasteiger partial charge in [0.25, 0.3) is 5.91 Å². The number of carbonyl (C=O) groups excluding carboxylic acids is 2. The van der Waals surface area contributed by atoms with Crippen LogP contribution in [0.3, 0.4) is 0 Å². The largest absolute Gasteiger partial charge is 0.324 e. The number of nitrogens with one attached hydrogen (secondary N) is 1. The van der Waals surface area contributed by atoms with Gasteiger partial charge in [-0.25, -0.2) is 14.8 Å². The molecule has 3 heterocycles. The minimum Gasteiger partial charge on any atom is -0.323 e. The van der Waals surface area contributed by atoms with Crippen molar-refractivity contribution >= 4 is 11.9 Å². The molecule has 0 unspecified atom stereocenters. The molecule has 1 aromatic carbocycles. The van der Waals surface area contributed by atoms with Crippen molar-refractivity contribution in [3.05, 3.63) is 47.8 Å². The molecule has 0 atom stereocenters. The van der Waals surface area contributed by atoms with Gasteiger partial charge in [-0.2, -0.15) is 0 Å². The SMILES string of the molecule is Cc1ccc(-c2ncc(CN3CCC4(CC3)NC(=O)N(C)C4=O)cn2)cc1. The topological polar surface area (TPSA) is 78.4 Å². The predicted octanol–water partition coefficient (Wildman–Crippen LogP) is 1.97. The molecule has 27 heavy (non-hydrogen) atoms. The number of likely N-dealkylation sites (tertiary alicyclic amines) is 1. The number of piperidine rings is 1. The normalized spacial score (nSPS) is 19.6. The molecule has 2 aliphatic heterocycles. The third-order valence-electron chi connectivity index (χ3n) is 5.50. The molecule has 0 aliphatic carbocycles. The van der Waals surface area contributed by atoms with Crippen molar-refractivity contribution < 1.29 is 9.59 Å². The van der Waals surface area contributed by atoms with Gasteiger partial charge in [0.1, 0.15) is 5.54 Å². The average molecular weight is 365 g/mol. The van der Waals surface area contributed by atoms with Crippen LogP contribution >= 0.6 is 0 Å². The van der Waals surface area contributed by atoms with Gasteiger partial charge in [-0.15, -0.1) is 0 Å². The quantitative estimate of drug-likeness (QED) is 0.842. The first-order valence-corrected chi connectivity index (χ1v) is 9.17. The third kappa shape index (κ3) is 3.30. The Bertz CT molecular complexity index is 855. The maximum absolute atomic E-state index is 12.4. The first-order valence-electron chi connectivity index (χ1n) is 9.17. The molecule has 140 valence electrons. The summed E-state index contributed by atoms with van der Waals surface area (Å²) < 4.78 is 0. The van der Waals surface area contributed by atoms with Gasteiger partial charge >= 0.3 is 6.03 Å². The van der Waals surface area contributed by atoms with Gasteiger partial charge in [0.05, 0.1) is 0 Å². The predicted molar refractivity (Wildman–Crippen MR) is 101 cm³/mol. The van der Waals surface area contributed by atoms with E-state index in [0.29, 0.717) is 12.8 Å². The number of nitrogens with zero attached hydrogens (tertiary/aromatic N) is 4. The van der Waals surface area contributed by atoms with E-state index < -0.39 is 5.54 Å². The Kier molecular flexibility index (Phi) is 4.39. The van der Waals surface area contributed by atoms with Crippen LogP contribution < -0.4 is 5.32 Å². The first kappa shape index (κ1) is 17.6. The number of aromatic nitrogens is 2. The Morgan fingerprint density at radius 1 is 1.07 bits per heavy atom. The molecule has 2 saturated heterocycles. The van der Waals surface area contributed by atoms with Crippen molar-refractivity contribution in [1.29, 1.82) is 0 Å². The number of aryl methyl sites for hydroxylation is 1. The van der Waals surface area contributed by atoms with Gasteiger partial charge in [0.2, 0.25) is 0 Å². The molecule has 7 heteroatoms. The molecule has 0 bridgehead atoms. The average Bonchev–Trinajstić information content (AvgIpc) is 2.89. The minimum atomic E-state index is -0.714. The molecule has 0 radical (unpaired) electrons. The third-order valence-corrected chi connectivity index (χ3v) is 5.50. The highest BCUT2D eigenvalue weighted by Crippen LogP contribution is 2.29. The van der Waals surface area contributed by atoms with Gasteiger partial charge in [0.15, 0.2) is 5.82 Å². The minimum absolute atomic E-state index is 0.113. The fourth-order valence-corrected chi connectivity index (χ4v) is 3.73. The van der Waals surface area contributed by atoms with Crippen LogP contribution in [-0.2, 0) is 11.3 Å². The van der Waals surface area contributed by atoms with Crippen LogP contribution in [0.25, 0.3) is 11.4 Å². The molecule has 0 saturated carbocycles. The van der Waals surface area contributed by atoms with Gasteiger partial charge < -0.3 is 5.32 Å². The number of likely N-dealkylation sites (N-methyl/N-ethyl adjacent to an activating group) is 1. The number of urea groups is 1. The van der Waals surface area contributed by atoms with Crippen molar-refractivity contribution in [2.75, 3.05) is 20.1 Å². The van der Waals surface area contributed by atoms with E-state index in [1.807, 2.05) is 24.5 Å². The fourth-order valence-electron chi connectivity index (χ4n) is 3.73. The maximum Gasteiger partial charge on any atom is 0.324 e. The smallest absolute Gasteiger partial charge is 0.323 e. The molecular formula is C20H23N5O2. The summed E-state index contributed by atoms with van der Waals surface area (Å²) in [7, 11) is 1.53. The molecular weight excluding hydrogens is 342 g/mol. The number of rotatable bonds is 3. The van der Waals surface area contributed by atoms with E-state index in [2.05, 4.69) is 39.2 Å². The fraction of sp³-hybridized carbons (Fsp3) is 0.400. The van der Waals surface area contributed by atoms with E-state index in [0.717, 1.165) is 36.6 Å². The van der Waals surface area contributed by atoms with E-state index in [4.69, 9.17) is 0 Å². The van der Waals surface area contributed by atoms with Crippen LogP contribution in [0, 0.1) is 6.92 Å². The number of carbonyl (C=O) groups is 2. The number of amides is 3. The molecule has 4 rings (SSSR count). The van der Waals surface area contributed by atoms with Crippen LogP contribution in [0.1, 0.15) is 24.0 Å². The number of benzene rings is 1. The molecule has 2 aliphatic rings. The van der Waals surface area contributed by atoms with Crippen molar-refractivity contribution in [1.82, 2.24) is 25.1 Å². The maximum atomic E-state index is 12.4. The second kappa shape index (κ2) is 6.74. The van der Waals surface area contributed by atoms with Crippen LogP contribution in [0.5, 0.6) is 0 Å². The van der Waals surface area contributed by atoms with E-state index in [1.165, 1.54) is 17.5 Å². The zero-order valence-corrected chi connectivity index (χ0v) is 15.6. The van der Waals surface area contributed by atoms with Crippen molar-refractivity contribution in [2.24, 2.45) is 0 Å². The summed E-state index contributed by atoms with van der Waals surface area (Å²) in [6.45, 7) is 4.29. The monoisotopic (exact) mass is 365 g/mol. The molecule has 1 aromatic heterocycles. The lowest BCUT2D eigenvalue weighted by atomic mass is 9.87. The van der Waals surface area contributed by atoms with Gasteiger partial charge in [-0.1, -0.05) is 29.8 Å². The number of hydrogen-bond donors (Lipinski definition) is 1. The van der Waals surface area contributed by atoms with Gasteiger partial charge in [0, 0.05) is 50.2 Å². The standard InChI is InChI=1S/C20H23N5O2/c1-14-3-5-16(6-4-14)17-21-11-15(12-22-17)13-25-9-7-20(8-10-25)18(26)24(2)19(27)23-20/h3-6,11-12H,7-10,13H2,1-2H3,(H,23,27). The van der Waals surface area contributed by atoms with Gasteiger partial charge in [-0.3, -0.25) is 14.6 Å². The second-order valence-corrected chi connectivity index (χ2v) is 7.43. The summed E-state index contributed by atoms with van der Waals surface area (Å²) >= 11 is 0. The van der Waals surface area contributed by atoms with Crippen LogP contribution in [0.4, 0.5) is 4.79 Å². The highest BCUT2D eigenvalue weighted by Gasteiger charge is 2.50. The Morgan fingerprint density at radius 3 is 2.26 bits per heavy atom. The van der Waals surface area contributed by atoms with Crippen LogP contribution in [-0.4, -0.2) is 57.4 Å². The molecule has 1 N–H and O–H groups in total. The summed E-state index contributed by atoms with van der Waals surface area (Å²) in [5, 5.41) is 2.87. The summed E-state index contributed by atoms with van der Waals surface area (Å²) in [5.41, 5.74) is 2.54. The highest BCUT2D eigenvalue weighted by molar-refractivity contribution is 6.06. The van der Waals surface area contributed by atoms with Crippen molar-refractivity contribution in [3.63, 3.8) is 0 Å². The van der Waals surface area contributed by atoms with Crippen LogP contribution in [0.15, 0.2) is 36.7 Å². The number of hydrogen-bond acceptors (Lipinski definition) is 5. The molecule has 3 amide bonds. The summed E-state index contributed by atoms with van der Waals surface area (Å²) in [6, 6.07) is 7.86. The van der Waals surface area contributed by atoms with E-state index in [1.54, 1.807) is 0 Å². The second-order valence-electron chi connectivity index (χ2n) is 7.43. The molecule has 2 aromatic rings. The van der Waals surface area contributed by atoms with E-state index >= 15 is 0 Å². The van der Waals surface area contributed by atoms with E-state index in [9.17, 15) is 9.59 Å². The lowest BCUT2D eigenvalue weighted by Gasteiger charge is -2.37. The van der Waals surface area contributed by atoms with Gasteiger partial charge in [-0.05, 0) is 19.8 Å². The Labute approximate surface area is 158 Å². The molecule has 2 fully saturated rings. The zero-order valence-electron chi connectivity index (χ0n) is 15.6. The zero-order chi connectivity index (χ0) is 19.0. The Morgan fingerprint density at radius 2 is 1.70 bits per heavy atom. The van der Waals surface area contributed by atoms with Crippen molar-refractivity contribution in [2.45, 2.75) is 31.8 Å². The Balaban J connectivity index is 1.37. The molecule has 1 spiro atoms. The number of imide groups is 1. The van der Waals surface area contributed by atoms with Crippen LogP contribution in [0.2, 0.25) is 0 Å². The lowest BCUT2D eigenvalue weighted by molar-refractivity contribution is -0.132. The van der Waals surface area contributed by atoms with Crippen molar-refractivity contribution in [3.8, 4) is 11.4 Å². The summed E-state index contributed by atoms with van der Waals surface area (Å²) in [5.74, 6) is 0.608. The molecule has 7 nitrogen and oxygen atoms in total. The summed E-state index contributed by atoms with van der Waals surface area (Å²) in [6.07, 6.45) is 4.99.